The highest BCUT2D eigenvalue weighted by molar-refractivity contribution is 14.0. The van der Waals surface area contributed by atoms with Gasteiger partial charge in [-0.1, -0.05) is 31.2 Å². The van der Waals surface area contributed by atoms with Crippen LogP contribution in [0.25, 0.3) is 0 Å². The Balaban J connectivity index is 0.00000312. The summed E-state index contributed by atoms with van der Waals surface area (Å²) in [4.78, 5) is 10.3. The third-order valence-electron chi connectivity index (χ3n) is 3.33. The summed E-state index contributed by atoms with van der Waals surface area (Å²) in [5.74, 6) is 0.869. The first-order valence-electron chi connectivity index (χ1n) is 8.41. The van der Waals surface area contributed by atoms with Crippen molar-refractivity contribution >= 4 is 41.7 Å². The third-order valence-corrected chi connectivity index (χ3v) is 4.43. The number of thioether (sulfide) groups is 1. The van der Waals surface area contributed by atoms with E-state index in [4.69, 9.17) is 4.99 Å². The quantitative estimate of drug-likeness (QED) is 0.265. The first-order chi connectivity index (χ1) is 11.8. The molecule has 0 aliphatic heterocycles. The summed E-state index contributed by atoms with van der Waals surface area (Å²) in [6.07, 6.45) is 2.72. The minimum absolute atomic E-state index is 0. The number of rotatable bonds is 8. The van der Waals surface area contributed by atoms with Crippen molar-refractivity contribution in [2.24, 2.45) is 4.99 Å². The minimum atomic E-state index is 0. The largest absolute Gasteiger partial charge is 0.357 e. The summed E-state index contributed by atoms with van der Waals surface area (Å²) in [5.41, 5.74) is 1.09. The molecule has 1 unspecified atom stereocenters. The van der Waals surface area contributed by atoms with E-state index in [1.807, 2.05) is 42.2 Å². The lowest BCUT2D eigenvalue weighted by atomic mass is 10.3. The number of benzene rings is 1. The molecule has 136 valence electrons. The Morgan fingerprint density at radius 3 is 2.56 bits per heavy atom. The molecule has 2 aromatic rings. The Morgan fingerprint density at radius 2 is 1.88 bits per heavy atom. The minimum Gasteiger partial charge on any atom is -0.357 e. The van der Waals surface area contributed by atoms with E-state index in [1.54, 1.807) is 0 Å². The van der Waals surface area contributed by atoms with Gasteiger partial charge in [-0.2, -0.15) is 0 Å². The number of hydrogen-bond acceptors (Lipinski definition) is 3. The van der Waals surface area contributed by atoms with Gasteiger partial charge < -0.3 is 10.6 Å². The summed E-state index contributed by atoms with van der Waals surface area (Å²) in [7, 11) is 0. The molecule has 1 aromatic heterocycles. The highest BCUT2D eigenvalue weighted by atomic mass is 127. The van der Waals surface area contributed by atoms with Gasteiger partial charge in [-0.25, -0.2) is 0 Å². The van der Waals surface area contributed by atoms with Gasteiger partial charge in [-0.05, 0) is 31.2 Å². The van der Waals surface area contributed by atoms with Crippen LogP contribution < -0.4 is 10.6 Å². The molecule has 0 radical (unpaired) electrons. The van der Waals surface area contributed by atoms with Crippen LogP contribution >= 0.6 is 35.7 Å². The van der Waals surface area contributed by atoms with E-state index in [0.717, 1.165) is 37.7 Å². The lowest BCUT2D eigenvalue weighted by molar-refractivity contribution is 0.785. The number of guanidine groups is 1. The summed E-state index contributed by atoms with van der Waals surface area (Å²) in [5, 5.41) is 7.10. The van der Waals surface area contributed by atoms with Gasteiger partial charge >= 0.3 is 0 Å². The third kappa shape index (κ3) is 9.11. The number of aromatic nitrogens is 1. The Hall–Kier alpha value is -1.28. The second-order valence-corrected chi connectivity index (χ2v) is 6.97. The molecule has 0 saturated heterocycles. The molecule has 0 fully saturated rings. The van der Waals surface area contributed by atoms with Gasteiger partial charge in [-0.15, -0.1) is 35.7 Å². The van der Waals surface area contributed by atoms with E-state index in [1.165, 1.54) is 4.90 Å². The molecule has 0 spiro atoms. The molecule has 2 rings (SSSR count). The number of nitrogens with one attached hydrogen (secondary N) is 2. The zero-order valence-electron chi connectivity index (χ0n) is 14.8. The van der Waals surface area contributed by atoms with E-state index >= 15 is 0 Å². The number of halogens is 1. The van der Waals surface area contributed by atoms with Gasteiger partial charge in [0.25, 0.3) is 0 Å². The molecule has 0 bridgehead atoms. The highest BCUT2D eigenvalue weighted by Gasteiger charge is 2.05. The predicted molar refractivity (Wildman–Crippen MR) is 119 cm³/mol. The van der Waals surface area contributed by atoms with Crippen molar-refractivity contribution in [3.05, 3.63) is 60.4 Å². The molecule has 0 saturated carbocycles. The van der Waals surface area contributed by atoms with Gasteiger partial charge in [0.15, 0.2) is 5.96 Å². The molecular formula is C19H27IN4S. The molecule has 25 heavy (non-hydrogen) atoms. The van der Waals surface area contributed by atoms with Gasteiger partial charge in [0.1, 0.15) is 0 Å². The summed E-state index contributed by atoms with van der Waals surface area (Å²) in [6.45, 7) is 6.74. The first-order valence-corrected chi connectivity index (χ1v) is 9.29. The smallest absolute Gasteiger partial charge is 0.191 e. The van der Waals surface area contributed by atoms with Crippen molar-refractivity contribution in [3.63, 3.8) is 0 Å². The SMILES string of the molecule is CCNC(=NCC(C)Sc1ccccc1)NCCc1ccccn1.I. The van der Waals surface area contributed by atoms with Crippen LogP contribution in [0.15, 0.2) is 64.6 Å². The van der Waals surface area contributed by atoms with Gasteiger partial charge in [-0.3, -0.25) is 9.98 Å². The normalized spacial score (nSPS) is 12.2. The Bertz CT molecular complexity index is 607. The fourth-order valence-electron chi connectivity index (χ4n) is 2.19. The molecule has 0 amide bonds. The highest BCUT2D eigenvalue weighted by Crippen LogP contribution is 2.22. The van der Waals surface area contributed by atoms with Crippen LogP contribution in [-0.4, -0.2) is 35.8 Å². The van der Waals surface area contributed by atoms with Crippen molar-refractivity contribution in [3.8, 4) is 0 Å². The van der Waals surface area contributed by atoms with Crippen LogP contribution in [0.5, 0.6) is 0 Å². The van der Waals surface area contributed by atoms with Crippen LogP contribution in [0.4, 0.5) is 0 Å². The van der Waals surface area contributed by atoms with E-state index < -0.39 is 0 Å². The van der Waals surface area contributed by atoms with E-state index in [0.29, 0.717) is 5.25 Å². The average molecular weight is 470 g/mol. The monoisotopic (exact) mass is 470 g/mol. The second-order valence-electron chi connectivity index (χ2n) is 5.46. The number of hydrogen-bond donors (Lipinski definition) is 2. The summed E-state index contributed by atoms with van der Waals surface area (Å²) >= 11 is 1.85. The molecule has 1 heterocycles. The van der Waals surface area contributed by atoms with Crippen LogP contribution in [0, 0.1) is 0 Å². The van der Waals surface area contributed by atoms with Crippen molar-refractivity contribution in [1.29, 1.82) is 0 Å². The molecular weight excluding hydrogens is 443 g/mol. The van der Waals surface area contributed by atoms with Gasteiger partial charge in [0.05, 0.1) is 6.54 Å². The van der Waals surface area contributed by atoms with Gasteiger partial charge in [0, 0.05) is 41.5 Å². The molecule has 1 atom stereocenters. The van der Waals surface area contributed by atoms with Crippen molar-refractivity contribution in [2.75, 3.05) is 19.6 Å². The Morgan fingerprint density at radius 1 is 1.12 bits per heavy atom. The van der Waals surface area contributed by atoms with E-state index in [-0.39, 0.29) is 24.0 Å². The maximum atomic E-state index is 4.69. The van der Waals surface area contributed by atoms with Crippen molar-refractivity contribution in [2.45, 2.75) is 30.4 Å². The number of aliphatic imine (C=N–C) groups is 1. The van der Waals surface area contributed by atoms with Crippen LogP contribution in [0.2, 0.25) is 0 Å². The molecule has 2 N–H and O–H groups in total. The molecule has 0 aliphatic carbocycles. The first kappa shape index (κ1) is 21.8. The topological polar surface area (TPSA) is 49.3 Å². The zero-order valence-corrected chi connectivity index (χ0v) is 18.0. The Labute approximate surface area is 172 Å². The molecule has 4 nitrogen and oxygen atoms in total. The van der Waals surface area contributed by atoms with Crippen LogP contribution in [0.3, 0.4) is 0 Å². The maximum Gasteiger partial charge on any atom is 0.191 e. The fraction of sp³-hybridized carbons (Fsp3) is 0.368. The lowest BCUT2D eigenvalue weighted by Crippen LogP contribution is -2.38. The van der Waals surface area contributed by atoms with Gasteiger partial charge in [0.2, 0.25) is 0 Å². The van der Waals surface area contributed by atoms with Crippen molar-refractivity contribution < 1.29 is 0 Å². The second kappa shape index (κ2) is 13.0. The molecule has 0 aliphatic rings. The standard InChI is InChI=1S/C19H26N4S.HI/c1-3-20-19(22-14-12-17-9-7-8-13-21-17)23-15-16(2)24-18-10-5-4-6-11-18;/h4-11,13,16H,3,12,14-15H2,1-2H3,(H2,20,22,23);1H. The van der Waals surface area contributed by atoms with E-state index in [2.05, 4.69) is 53.7 Å². The molecule has 6 heteroatoms. The molecule has 1 aromatic carbocycles. The number of nitrogens with zero attached hydrogens (tertiary/aromatic N) is 2. The fourth-order valence-corrected chi connectivity index (χ4v) is 3.11. The zero-order chi connectivity index (χ0) is 17.0. The van der Waals surface area contributed by atoms with Crippen LogP contribution in [-0.2, 0) is 6.42 Å². The van der Waals surface area contributed by atoms with E-state index in [9.17, 15) is 0 Å². The van der Waals surface area contributed by atoms with Crippen molar-refractivity contribution in [1.82, 2.24) is 15.6 Å². The summed E-state index contributed by atoms with van der Waals surface area (Å²) < 4.78 is 0. The Kier molecular flexibility index (Phi) is 11.3. The predicted octanol–water partition coefficient (Wildman–Crippen LogP) is 3.98. The van der Waals surface area contributed by atoms with Crippen LogP contribution in [0.1, 0.15) is 19.5 Å². The maximum absolute atomic E-state index is 4.69. The lowest BCUT2D eigenvalue weighted by Gasteiger charge is -2.13. The average Bonchev–Trinajstić information content (AvgIpc) is 2.61. The summed E-state index contributed by atoms with van der Waals surface area (Å²) in [6, 6.07) is 16.5. The number of pyridine rings is 1.